The maximum Gasteiger partial charge on any atom is 0.179 e. The fourth-order valence-corrected chi connectivity index (χ4v) is 2.64. The Labute approximate surface area is 124 Å². The van der Waals surface area contributed by atoms with Crippen LogP contribution >= 0.6 is 11.3 Å². The monoisotopic (exact) mass is 296 g/mol. The Balaban J connectivity index is 1.81. The summed E-state index contributed by atoms with van der Waals surface area (Å²) in [5.41, 5.74) is 1.95. The molecule has 0 N–H and O–H groups in total. The summed E-state index contributed by atoms with van der Waals surface area (Å²) in [6.07, 6.45) is 3.50. The van der Waals surface area contributed by atoms with Crippen molar-refractivity contribution in [3.8, 4) is 17.6 Å². The largest absolute Gasteiger partial charge is 0.238 e. The Morgan fingerprint density at radius 3 is 2.76 bits per heavy atom. The van der Waals surface area contributed by atoms with Crippen LogP contribution in [0, 0.1) is 17.1 Å². The second-order valence-electron chi connectivity index (χ2n) is 4.34. The molecule has 0 amide bonds. The number of nitriles is 1. The molecule has 0 aliphatic carbocycles. The quantitative estimate of drug-likeness (QED) is 0.744. The number of benzene rings is 1. The highest BCUT2D eigenvalue weighted by atomic mass is 32.1. The summed E-state index contributed by atoms with van der Waals surface area (Å²) in [6, 6.07) is 8.43. The lowest BCUT2D eigenvalue weighted by molar-refractivity contribution is 0.626. The van der Waals surface area contributed by atoms with Gasteiger partial charge in [0.25, 0.3) is 0 Å². The molecule has 4 nitrogen and oxygen atoms in total. The number of hydrogen-bond donors (Lipinski definition) is 0. The van der Waals surface area contributed by atoms with Gasteiger partial charge < -0.3 is 0 Å². The van der Waals surface area contributed by atoms with Crippen LogP contribution in [0.4, 0.5) is 4.39 Å². The van der Waals surface area contributed by atoms with E-state index in [1.165, 1.54) is 35.9 Å². The van der Waals surface area contributed by atoms with Crippen LogP contribution in [0.1, 0.15) is 16.1 Å². The number of nitrogens with zero attached hydrogens (tertiary/aromatic N) is 4. The lowest BCUT2D eigenvalue weighted by atomic mass is 10.1. The van der Waals surface area contributed by atoms with Gasteiger partial charge in [0.05, 0.1) is 10.6 Å². The number of halogens is 1. The van der Waals surface area contributed by atoms with Crippen LogP contribution in [0.3, 0.4) is 0 Å². The van der Waals surface area contributed by atoms with E-state index in [0.717, 1.165) is 10.6 Å². The van der Waals surface area contributed by atoms with Crippen molar-refractivity contribution in [2.45, 2.75) is 6.42 Å². The van der Waals surface area contributed by atoms with Crippen molar-refractivity contribution in [2.75, 3.05) is 0 Å². The molecular formula is C15H9FN4S. The average Bonchev–Trinajstić information content (AvgIpc) is 2.96. The fourth-order valence-electron chi connectivity index (χ4n) is 1.83. The lowest BCUT2D eigenvalue weighted by Gasteiger charge is -1.98. The van der Waals surface area contributed by atoms with Gasteiger partial charge in [0.2, 0.25) is 0 Å². The van der Waals surface area contributed by atoms with Crippen molar-refractivity contribution in [1.29, 1.82) is 5.26 Å². The maximum atomic E-state index is 13.1. The van der Waals surface area contributed by atoms with Gasteiger partial charge >= 0.3 is 0 Å². The van der Waals surface area contributed by atoms with Crippen molar-refractivity contribution in [2.24, 2.45) is 0 Å². The van der Waals surface area contributed by atoms with E-state index in [1.807, 2.05) is 17.5 Å². The first kappa shape index (κ1) is 13.3. The topological polar surface area (TPSA) is 62.5 Å². The molecule has 0 saturated carbocycles. The summed E-state index contributed by atoms with van der Waals surface area (Å²) in [4.78, 5) is 12.7. The van der Waals surface area contributed by atoms with Crippen LogP contribution in [0.25, 0.3) is 11.5 Å². The minimum Gasteiger partial charge on any atom is -0.238 e. The van der Waals surface area contributed by atoms with Gasteiger partial charge in [0, 0.05) is 24.2 Å². The molecule has 3 rings (SSSR count). The minimum atomic E-state index is -0.250. The molecule has 1 aromatic carbocycles. The number of thiazole rings is 1. The van der Waals surface area contributed by atoms with E-state index < -0.39 is 0 Å². The zero-order valence-corrected chi connectivity index (χ0v) is 11.6. The second kappa shape index (κ2) is 5.77. The molecule has 0 spiro atoms. The number of rotatable bonds is 3. The normalized spacial score (nSPS) is 10.3. The van der Waals surface area contributed by atoms with Crippen LogP contribution in [-0.4, -0.2) is 15.0 Å². The minimum absolute atomic E-state index is 0.250. The smallest absolute Gasteiger partial charge is 0.179 e. The van der Waals surface area contributed by atoms with Crippen LogP contribution in [-0.2, 0) is 6.42 Å². The molecule has 21 heavy (non-hydrogen) atoms. The van der Waals surface area contributed by atoms with Gasteiger partial charge in [-0.1, -0.05) is 12.1 Å². The van der Waals surface area contributed by atoms with Crippen molar-refractivity contribution < 1.29 is 4.39 Å². The van der Waals surface area contributed by atoms with Crippen LogP contribution < -0.4 is 0 Å². The molecule has 0 fully saturated rings. The van der Waals surface area contributed by atoms with E-state index in [4.69, 9.17) is 5.26 Å². The first-order valence-electron chi connectivity index (χ1n) is 6.16. The van der Waals surface area contributed by atoms with Crippen molar-refractivity contribution in [3.63, 3.8) is 0 Å². The molecule has 0 aliphatic heterocycles. The Hall–Kier alpha value is -2.65. The van der Waals surface area contributed by atoms with Gasteiger partial charge in [0.1, 0.15) is 17.6 Å². The van der Waals surface area contributed by atoms with E-state index in [-0.39, 0.29) is 5.82 Å². The summed E-state index contributed by atoms with van der Waals surface area (Å²) >= 11 is 1.48. The zero-order valence-electron chi connectivity index (χ0n) is 10.8. The molecule has 2 heterocycles. The van der Waals surface area contributed by atoms with Crippen molar-refractivity contribution in [3.05, 3.63) is 64.0 Å². The molecule has 6 heteroatoms. The average molecular weight is 296 g/mol. The van der Waals surface area contributed by atoms with Crippen molar-refractivity contribution in [1.82, 2.24) is 15.0 Å². The molecule has 0 aliphatic rings. The lowest BCUT2D eigenvalue weighted by Crippen LogP contribution is -1.92. The van der Waals surface area contributed by atoms with E-state index in [2.05, 4.69) is 15.0 Å². The molecule has 102 valence electrons. The molecule has 0 radical (unpaired) electrons. The Kier molecular flexibility index (Phi) is 3.67. The maximum absolute atomic E-state index is 13.1. The van der Waals surface area contributed by atoms with E-state index >= 15 is 0 Å². The highest BCUT2D eigenvalue weighted by molar-refractivity contribution is 7.10. The summed E-state index contributed by atoms with van der Waals surface area (Å²) in [7, 11) is 0. The molecule has 0 atom stereocenters. The van der Waals surface area contributed by atoms with E-state index in [0.29, 0.717) is 23.5 Å². The number of aromatic nitrogens is 3. The molecule has 0 bridgehead atoms. The number of hydrogen-bond acceptors (Lipinski definition) is 5. The summed E-state index contributed by atoms with van der Waals surface area (Å²) in [5, 5.41) is 11.4. The zero-order chi connectivity index (χ0) is 14.7. The third kappa shape index (κ3) is 3.09. The fraction of sp³-hybridized carbons (Fsp3) is 0.0667. The predicted molar refractivity (Wildman–Crippen MR) is 77.1 cm³/mol. The van der Waals surface area contributed by atoms with Gasteiger partial charge in [-0.05, 0) is 17.7 Å². The second-order valence-corrected chi connectivity index (χ2v) is 5.28. The standard InChI is InChI=1S/C15H9FN4S/c16-12-3-1-2-10(4-12)5-14-20-13(9-21-14)15-18-7-11(6-17)8-19-15/h1-4,7-9H,5H2. The SMILES string of the molecule is N#Cc1cnc(-c2csc(Cc3cccc(F)c3)n2)nc1. The highest BCUT2D eigenvalue weighted by Gasteiger charge is 2.08. The van der Waals surface area contributed by atoms with Crippen LogP contribution in [0.2, 0.25) is 0 Å². The molecular weight excluding hydrogens is 287 g/mol. The van der Waals surface area contributed by atoms with Gasteiger partial charge in [-0.3, -0.25) is 0 Å². The van der Waals surface area contributed by atoms with Crippen molar-refractivity contribution >= 4 is 11.3 Å². The van der Waals surface area contributed by atoms with Gasteiger partial charge in [-0.25, -0.2) is 19.3 Å². The molecule has 2 aromatic heterocycles. The van der Waals surface area contributed by atoms with Gasteiger partial charge in [-0.2, -0.15) is 5.26 Å². The third-order valence-electron chi connectivity index (χ3n) is 2.81. The molecule has 0 saturated heterocycles. The Bertz CT molecular complexity index is 805. The predicted octanol–water partition coefficient (Wildman–Crippen LogP) is 3.20. The van der Waals surface area contributed by atoms with Gasteiger partial charge in [-0.15, -0.1) is 11.3 Å². The highest BCUT2D eigenvalue weighted by Crippen LogP contribution is 2.21. The van der Waals surface area contributed by atoms with Gasteiger partial charge in [0.15, 0.2) is 5.82 Å². The Morgan fingerprint density at radius 2 is 2.05 bits per heavy atom. The Morgan fingerprint density at radius 1 is 1.24 bits per heavy atom. The first-order valence-corrected chi connectivity index (χ1v) is 7.04. The third-order valence-corrected chi connectivity index (χ3v) is 3.65. The van der Waals surface area contributed by atoms with Crippen LogP contribution in [0.15, 0.2) is 42.0 Å². The molecule has 0 unspecified atom stereocenters. The van der Waals surface area contributed by atoms with E-state index in [1.54, 1.807) is 6.07 Å². The summed E-state index contributed by atoms with van der Waals surface area (Å²) < 4.78 is 13.1. The summed E-state index contributed by atoms with van der Waals surface area (Å²) in [5.74, 6) is 0.232. The molecule has 3 aromatic rings. The first-order chi connectivity index (χ1) is 10.2. The van der Waals surface area contributed by atoms with Crippen LogP contribution in [0.5, 0.6) is 0 Å². The van der Waals surface area contributed by atoms with E-state index in [9.17, 15) is 4.39 Å². The summed E-state index contributed by atoms with van der Waals surface area (Å²) in [6.45, 7) is 0.